The van der Waals surface area contributed by atoms with Gasteiger partial charge in [0.1, 0.15) is 5.82 Å². The van der Waals surface area contributed by atoms with Crippen LogP contribution in [-0.2, 0) is 0 Å². The molecule has 0 aliphatic carbocycles. The minimum absolute atomic E-state index is 0.00576. The van der Waals surface area contributed by atoms with Gasteiger partial charge in [0, 0.05) is 110 Å². The molecule has 13 heteroatoms. The highest BCUT2D eigenvalue weighted by Gasteiger charge is 2.33. The molecular weight excluding hydrogens is 1100 g/mol. The number of Topliss-reactive ketones (excluding diaryl/α,β-unsaturated/α-hetero) is 4. The molecule has 0 radical (unpaired) electrons. The number of hydrogen-bond acceptors (Lipinski definition) is 6. The molecule has 430 valence electrons. The maximum absolute atomic E-state index is 14.0. The van der Waals surface area contributed by atoms with Gasteiger partial charge in [0.2, 0.25) is 0 Å². The van der Waals surface area contributed by atoms with Crippen molar-refractivity contribution >= 4 is 66.0 Å². The predicted molar refractivity (Wildman–Crippen MR) is 343 cm³/mol. The molecule has 0 spiro atoms. The van der Waals surface area contributed by atoms with Gasteiger partial charge in [-0.3, -0.25) is 19.2 Å². The number of thiophene rings is 2. The lowest BCUT2D eigenvalue weighted by molar-refractivity contribution is 0.100. The number of nitrogens with one attached hydrogen (secondary N) is 6. The van der Waals surface area contributed by atoms with Gasteiger partial charge in [-0.1, -0.05) is 78.9 Å². The van der Waals surface area contributed by atoms with Crippen LogP contribution in [0.5, 0.6) is 0 Å². The van der Waals surface area contributed by atoms with Gasteiger partial charge in [-0.15, -0.1) is 22.7 Å². The first kappa shape index (κ1) is 57.9. The first-order valence-electron chi connectivity index (χ1n) is 28.6. The third-order valence-electron chi connectivity index (χ3n) is 17.0. The first-order chi connectivity index (χ1) is 40.7. The van der Waals surface area contributed by atoms with Crippen LogP contribution in [0.4, 0.5) is 4.39 Å². The van der Waals surface area contributed by atoms with E-state index in [1.807, 2.05) is 73.6 Å². The molecule has 12 aromatic rings. The highest BCUT2D eigenvalue weighted by Crippen LogP contribution is 2.45. The average Bonchev–Trinajstić information content (AvgIpc) is 2.28. The molecule has 10 nitrogen and oxygen atoms in total. The van der Waals surface area contributed by atoms with Crippen molar-refractivity contribution in [2.45, 2.75) is 107 Å². The molecule has 0 amide bonds. The molecule has 12 rings (SSSR count). The van der Waals surface area contributed by atoms with Crippen molar-refractivity contribution in [1.82, 2.24) is 29.9 Å². The predicted octanol–water partition coefficient (Wildman–Crippen LogP) is 17.9. The van der Waals surface area contributed by atoms with E-state index in [0.29, 0.717) is 5.56 Å². The van der Waals surface area contributed by atoms with Crippen LogP contribution in [0.1, 0.15) is 204 Å². The number of aromatic amines is 6. The first-order valence-corrected chi connectivity index (χ1v) is 30.3. The summed E-state index contributed by atoms with van der Waals surface area (Å²) in [4.78, 5) is 74.4. The van der Waals surface area contributed by atoms with Crippen molar-refractivity contribution in [2.75, 3.05) is 0 Å². The summed E-state index contributed by atoms with van der Waals surface area (Å²) in [5, 5.41) is 2.38. The van der Waals surface area contributed by atoms with Crippen molar-refractivity contribution < 1.29 is 23.6 Å². The molecule has 8 heterocycles. The Hall–Kier alpha value is -8.91. The van der Waals surface area contributed by atoms with Crippen LogP contribution >= 0.6 is 22.7 Å². The maximum Gasteiger partial charge on any atom is 0.161 e. The zero-order valence-electron chi connectivity index (χ0n) is 49.9. The fourth-order valence-corrected chi connectivity index (χ4v) is 15.8. The van der Waals surface area contributed by atoms with E-state index < -0.39 is 0 Å². The van der Waals surface area contributed by atoms with Gasteiger partial charge in [0.05, 0.1) is 23.7 Å². The van der Waals surface area contributed by atoms with E-state index in [1.165, 1.54) is 37.2 Å². The molecule has 6 N–H and O–H groups in total. The highest BCUT2D eigenvalue weighted by atomic mass is 32.1. The number of rotatable bonds is 16. The number of halogens is 1. The van der Waals surface area contributed by atoms with Gasteiger partial charge in [-0.05, 0) is 188 Å². The molecule has 0 bridgehead atoms. The Labute approximate surface area is 502 Å². The third kappa shape index (κ3) is 10.8. The van der Waals surface area contributed by atoms with Crippen molar-refractivity contribution in [3.8, 4) is 0 Å². The van der Waals surface area contributed by atoms with Gasteiger partial charge < -0.3 is 29.9 Å². The summed E-state index contributed by atoms with van der Waals surface area (Å²) in [6.07, 6.45) is 0. The second kappa shape index (κ2) is 23.3. The molecule has 0 saturated carbocycles. The van der Waals surface area contributed by atoms with Crippen molar-refractivity contribution in [3.05, 3.63) is 279 Å². The Balaban J connectivity index is 0.000000177. The summed E-state index contributed by atoms with van der Waals surface area (Å²) in [7, 11) is 0. The Morgan fingerprint density at radius 1 is 0.353 bits per heavy atom. The molecule has 85 heavy (non-hydrogen) atoms. The lowest BCUT2D eigenvalue weighted by Crippen LogP contribution is -2.09. The zero-order valence-corrected chi connectivity index (χ0v) is 51.5. The summed E-state index contributed by atoms with van der Waals surface area (Å²) >= 11 is 3.52. The van der Waals surface area contributed by atoms with Crippen LogP contribution in [0.3, 0.4) is 0 Å². The van der Waals surface area contributed by atoms with Crippen molar-refractivity contribution in [1.29, 1.82) is 0 Å². The largest absolute Gasteiger partial charge is 0.361 e. The highest BCUT2D eigenvalue weighted by molar-refractivity contribution is 7.19. The number of fused-ring (bicyclic) bond motifs is 2. The smallest absolute Gasteiger partial charge is 0.161 e. The van der Waals surface area contributed by atoms with Crippen LogP contribution in [-0.4, -0.2) is 53.0 Å². The third-order valence-corrected chi connectivity index (χ3v) is 19.3. The SMILES string of the molecule is CC(=O)c1c(C)[nH]c(C(c2ccc(F)cc2)c2ccc(C(c3cc4ccccc4s3)c3[nH]c(C)c(C(C)=O)c3C)[nH]2)c1C.CC(=O)c1c(C)[nH]c(C(c2ccccc2)c2ccc(C(c3cc4ccccc4s3)c3[nH]c(C)c(C(C)=O)c3C)[nH]2)c1C. The molecule has 8 aromatic heterocycles. The second-order valence-electron chi connectivity index (χ2n) is 22.7. The Morgan fingerprint density at radius 2 is 0.647 bits per heavy atom. The fourth-order valence-electron chi connectivity index (χ4n) is 13.4. The van der Waals surface area contributed by atoms with Crippen LogP contribution in [0.25, 0.3) is 20.2 Å². The molecule has 0 saturated heterocycles. The van der Waals surface area contributed by atoms with Gasteiger partial charge >= 0.3 is 0 Å². The summed E-state index contributed by atoms with van der Waals surface area (Å²) in [5.41, 5.74) is 20.1. The van der Waals surface area contributed by atoms with Crippen LogP contribution < -0.4 is 0 Å². The quantitative estimate of drug-likeness (QED) is 0.0531. The number of benzene rings is 4. The maximum atomic E-state index is 14.0. The number of carbonyl (C=O) groups is 4. The number of carbonyl (C=O) groups excluding carboxylic acids is 4. The van der Waals surface area contributed by atoms with Gasteiger partial charge in [-0.25, -0.2) is 4.39 Å². The topological polar surface area (TPSA) is 163 Å². The molecule has 0 fully saturated rings. The standard InChI is InChI=1S/C36H34FN3O2S.C36H35N3O2S/c1-18-31(22(5)41)20(3)38-35(18)33(24-11-13-26(37)14-12-24)27-15-16-28(40-27)34(30-17-25-9-7-8-10-29(25)43-30)36-19(2)32(23(6)42)21(4)39-36;1-19-31(23(5)40)21(3)37-35(19)33(25-12-8-7-9-13-25)27-16-17-28(39-27)34(30-18-26-14-10-11-15-29(26)42-30)36-20(2)32(24(6)41)22(4)38-36/h7-17,33-34,38-40H,1-6H3;7-18,33-34,37-39H,1-6H3. The number of aryl methyl sites for hydroxylation is 4. The van der Waals surface area contributed by atoms with Crippen LogP contribution in [0.2, 0.25) is 0 Å². The molecule has 0 aliphatic heterocycles. The molecule has 4 aromatic carbocycles. The Kier molecular flexibility index (Phi) is 15.8. The molecule has 4 unspecified atom stereocenters. The van der Waals surface area contributed by atoms with E-state index >= 15 is 0 Å². The lowest BCUT2D eigenvalue weighted by atomic mass is 9.89. The fraction of sp³-hybridized carbons (Fsp3) is 0.222. The van der Waals surface area contributed by atoms with Crippen LogP contribution in [0, 0.1) is 61.2 Å². The monoisotopic (exact) mass is 1160 g/mol. The summed E-state index contributed by atoms with van der Waals surface area (Å²) in [6, 6.07) is 46.7. The Morgan fingerprint density at radius 3 is 0.965 bits per heavy atom. The minimum Gasteiger partial charge on any atom is -0.361 e. The van der Waals surface area contributed by atoms with E-state index in [9.17, 15) is 23.6 Å². The number of hydrogen-bond donors (Lipinski definition) is 6. The average molecular weight is 1170 g/mol. The molecular formula is C72H69FN6O4S2. The summed E-state index contributed by atoms with van der Waals surface area (Å²) in [6.45, 7) is 22.3. The molecule has 0 aliphatic rings. The van der Waals surface area contributed by atoms with E-state index in [2.05, 4.69) is 127 Å². The number of H-pyrrole nitrogens is 6. The number of ketones is 4. The lowest BCUT2D eigenvalue weighted by Gasteiger charge is -2.19. The summed E-state index contributed by atoms with van der Waals surface area (Å²) in [5.74, 6) is -0.821. The van der Waals surface area contributed by atoms with Gasteiger partial charge in [0.15, 0.2) is 23.1 Å². The Bertz CT molecular complexity index is 4460. The second-order valence-corrected chi connectivity index (χ2v) is 24.9. The van der Waals surface area contributed by atoms with E-state index in [4.69, 9.17) is 0 Å². The van der Waals surface area contributed by atoms with Gasteiger partial charge in [-0.2, -0.15) is 0 Å². The van der Waals surface area contributed by atoms with E-state index in [-0.39, 0.29) is 52.6 Å². The zero-order chi connectivity index (χ0) is 60.3. The van der Waals surface area contributed by atoms with E-state index in [0.717, 1.165) is 123 Å². The van der Waals surface area contributed by atoms with Crippen molar-refractivity contribution in [2.24, 2.45) is 0 Å². The van der Waals surface area contributed by atoms with Gasteiger partial charge in [0.25, 0.3) is 0 Å². The minimum atomic E-state index is -0.304. The molecule has 4 atom stereocenters. The van der Waals surface area contributed by atoms with Crippen LogP contribution in [0.15, 0.2) is 140 Å². The normalized spacial score (nSPS) is 13.0. The van der Waals surface area contributed by atoms with E-state index in [1.54, 1.807) is 62.5 Å². The van der Waals surface area contributed by atoms with Crippen molar-refractivity contribution in [3.63, 3.8) is 0 Å². The number of aromatic nitrogens is 6. The summed E-state index contributed by atoms with van der Waals surface area (Å²) < 4.78 is 16.4.